The van der Waals surface area contributed by atoms with Crippen molar-refractivity contribution in [3.63, 3.8) is 0 Å². The van der Waals surface area contributed by atoms with Crippen molar-refractivity contribution in [2.24, 2.45) is 10.8 Å². The van der Waals surface area contributed by atoms with Crippen LogP contribution in [-0.4, -0.2) is 13.1 Å². The van der Waals surface area contributed by atoms with Crippen LogP contribution < -0.4 is 21.3 Å². The van der Waals surface area contributed by atoms with Gasteiger partial charge in [0, 0.05) is 24.5 Å². The zero-order chi connectivity index (χ0) is 23.2. The average Bonchev–Trinajstić information content (AvgIpc) is 2.72. The first-order chi connectivity index (χ1) is 15.1. The molecule has 0 aliphatic carbocycles. The Morgan fingerprint density at radius 1 is 0.500 bits per heavy atom. The van der Waals surface area contributed by atoms with Crippen molar-refractivity contribution < 1.29 is 0 Å². The van der Waals surface area contributed by atoms with Gasteiger partial charge in [0.15, 0.2) is 0 Å². The standard InChI is InChI=1S/C28H38N4/c1-27(2,3)19-29-23-14-7-9-16-25(23)31-21-12-11-13-22(18-21)32-26-17-10-8-15-24(26)30-20-28(4,5)6/h7-18,29-32H,19-20H2,1-6H3. The highest BCUT2D eigenvalue weighted by atomic mass is 15.0. The van der Waals surface area contributed by atoms with E-state index in [9.17, 15) is 0 Å². The van der Waals surface area contributed by atoms with E-state index < -0.39 is 0 Å². The molecule has 0 spiro atoms. The van der Waals surface area contributed by atoms with E-state index in [1.807, 2.05) is 0 Å². The molecule has 0 bridgehead atoms. The van der Waals surface area contributed by atoms with Crippen molar-refractivity contribution in [2.75, 3.05) is 34.4 Å². The summed E-state index contributed by atoms with van der Waals surface area (Å²) in [6, 6.07) is 25.1. The van der Waals surface area contributed by atoms with Gasteiger partial charge in [-0.15, -0.1) is 0 Å². The summed E-state index contributed by atoms with van der Waals surface area (Å²) < 4.78 is 0. The fourth-order valence-electron chi connectivity index (χ4n) is 3.20. The summed E-state index contributed by atoms with van der Waals surface area (Å²) in [7, 11) is 0. The summed E-state index contributed by atoms with van der Waals surface area (Å²) in [6.45, 7) is 15.2. The first kappa shape index (κ1) is 23.5. The van der Waals surface area contributed by atoms with Crippen LogP contribution in [0, 0.1) is 10.8 Å². The minimum absolute atomic E-state index is 0.214. The molecule has 3 aromatic carbocycles. The highest BCUT2D eigenvalue weighted by molar-refractivity contribution is 5.78. The second-order valence-corrected chi connectivity index (χ2v) is 10.8. The zero-order valence-electron chi connectivity index (χ0n) is 20.3. The van der Waals surface area contributed by atoms with Crippen LogP contribution in [0.25, 0.3) is 0 Å². The molecule has 0 radical (unpaired) electrons. The Hall–Kier alpha value is -3.14. The summed E-state index contributed by atoms with van der Waals surface area (Å²) in [5, 5.41) is 14.3. The number of anilines is 6. The predicted octanol–water partition coefficient (Wildman–Crippen LogP) is 8.09. The lowest BCUT2D eigenvalue weighted by molar-refractivity contribution is 0.443. The lowest BCUT2D eigenvalue weighted by atomic mass is 9.97. The maximum Gasteiger partial charge on any atom is 0.0620 e. The molecular formula is C28H38N4. The van der Waals surface area contributed by atoms with Crippen molar-refractivity contribution in [1.82, 2.24) is 0 Å². The number of rotatable bonds is 8. The van der Waals surface area contributed by atoms with Crippen LogP contribution in [0.5, 0.6) is 0 Å². The Bertz CT molecular complexity index is 933. The van der Waals surface area contributed by atoms with Gasteiger partial charge in [0.25, 0.3) is 0 Å². The van der Waals surface area contributed by atoms with Gasteiger partial charge in [0.1, 0.15) is 0 Å². The maximum absolute atomic E-state index is 3.58. The van der Waals surface area contributed by atoms with Gasteiger partial charge >= 0.3 is 0 Å². The molecule has 0 aliphatic heterocycles. The quantitative estimate of drug-likeness (QED) is 0.292. The molecular weight excluding hydrogens is 392 g/mol. The largest absolute Gasteiger partial charge is 0.383 e. The molecule has 4 heteroatoms. The SMILES string of the molecule is CC(C)(C)CNc1ccccc1Nc1cccc(Nc2ccccc2NCC(C)(C)C)c1. The van der Waals surface area contributed by atoms with E-state index in [1.54, 1.807) is 0 Å². The third-order valence-corrected chi connectivity index (χ3v) is 4.89. The molecule has 4 nitrogen and oxygen atoms in total. The molecule has 0 aliphatic rings. The van der Waals surface area contributed by atoms with Crippen LogP contribution >= 0.6 is 0 Å². The summed E-state index contributed by atoms with van der Waals surface area (Å²) in [5.74, 6) is 0. The second-order valence-electron chi connectivity index (χ2n) is 10.8. The predicted molar refractivity (Wildman–Crippen MR) is 142 cm³/mol. The van der Waals surface area contributed by atoms with E-state index in [0.29, 0.717) is 0 Å². The molecule has 0 saturated carbocycles. The van der Waals surface area contributed by atoms with Crippen molar-refractivity contribution >= 4 is 34.1 Å². The molecule has 170 valence electrons. The number of hydrogen-bond acceptors (Lipinski definition) is 4. The molecule has 3 aromatic rings. The van der Waals surface area contributed by atoms with E-state index >= 15 is 0 Å². The van der Waals surface area contributed by atoms with Crippen LogP contribution in [0.4, 0.5) is 34.1 Å². The molecule has 32 heavy (non-hydrogen) atoms. The van der Waals surface area contributed by atoms with Crippen molar-refractivity contribution in [2.45, 2.75) is 41.5 Å². The van der Waals surface area contributed by atoms with E-state index in [4.69, 9.17) is 0 Å². The van der Waals surface area contributed by atoms with Crippen molar-refractivity contribution in [1.29, 1.82) is 0 Å². The highest BCUT2D eigenvalue weighted by Crippen LogP contribution is 2.30. The van der Waals surface area contributed by atoms with Crippen LogP contribution in [0.15, 0.2) is 72.8 Å². The molecule has 0 heterocycles. The van der Waals surface area contributed by atoms with Gasteiger partial charge < -0.3 is 21.3 Å². The Morgan fingerprint density at radius 3 is 1.25 bits per heavy atom. The Labute approximate surface area is 193 Å². The van der Waals surface area contributed by atoms with E-state index in [0.717, 1.165) is 47.2 Å². The van der Waals surface area contributed by atoms with E-state index in [-0.39, 0.29) is 10.8 Å². The normalized spacial score (nSPS) is 11.7. The summed E-state index contributed by atoms with van der Waals surface area (Å²) in [6.07, 6.45) is 0. The van der Waals surface area contributed by atoms with Crippen LogP contribution in [0.2, 0.25) is 0 Å². The summed E-state index contributed by atoms with van der Waals surface area (Å²) in [4.78, 5) is 0. The van der Waals surface area contributed by atoms with Gasteiger partial charge in [-0.05, 0) is 53.3 Å². The van der Waals surface area contributed by atoms with Gasteiger partial charge in [-0.2, -0.15) is 0 Å². The average molecular weight is 431 g/mol. The molecule has 4 N–H and O–H groups in total. The first-order valence-corrected chi connectivity index (χ1v) is 11.4. The topological polar surface area (TPSA) is 48.1 Å². The summed E-state index contributed by atoms with van der Waals surface area (Å²) >= 11 is 0. The second kappa shape index (κ2) is 9.99. The Balaban J connectivity index is 1.74. The van der Waals surface area contributed by atoms with Crippen LogP contribution in [0.3, 0.4) is 0 Å². The molecule has 3 rings (SSSR count). The van der Waals surface area contributed by atoms with Crippen LogP contribution in [-0.2, 0) is 0 Å². The van der Waals surface area contributed by atoms with Crippen molar-refractivity contribution in [3.8, 4) is 0 Å². The number of nitrogens with one attached hydrogen (secondary N) is 4. The molecule has 0 saturated heterocycles. The Morgan fingerprint density at radius 2 is 0.875 bits per heavy atom. The minimum atomic E-state index is 0.214. The zero-order valence-corrected chi connectivity index (χ0v) is 20.3. The number of hydrogen-bond donors (Lipinski definition) is 4. The maximum atomic E-state index is 3.58. The lowest BCUT2D eigenvalue weighted by Gasteiger charge is -2.22. The van der Waals surface area contributed by atoms with E-state index in [1.165, 1.54) is 0 Å². The van der Waals surface area contributed by atoms with E-state index in [2.05, 4.69) is 136 Å². The first-order valence-electron chi connectivity index (χ1n) is 11.4. The monoisotopic (exact) mass is 430 g/mol. The molecule has 0 aromatic heterocycles. The number of benzene rings is 3. The molecule has 0 unspecified atom stereocenters. The fourth-order valence-corrected chi connectivity index (χ4v) is 3.20. The third-order valence-electron chi connectivity index (χ3n) is 4.89. The van der Waals surface area contributed by atoms with Gasteiger partial charge in [0.05, 0.1) is 22.7 Å². The van der Waals surface area contributed by atoms with Gasteiger partial charge in [0.2, 0.25) is 0 Å². The number of para-hydroxylation sites is 4. The van der Waals surface area contributed by atoms with Gasteiger partial charge in [-0.25, -0.2) is 0 Å². The summed E-state index contributed by atoms with van der Waals surface area (Å²) in [5.41, 5.74) is 6.87. The smallest absolute Gasteiger partial charge is 0.0620 e. The van der Waals surface area contributed by atoms with Gasteiger partial charge in [-0.3, -0.25) is 0 Å². The van der Waals surface area contributed by atoms with Gasteiger partial charge in [-0.1, -0.05) is 71.9 Å². The van der Waals surface area contributed by atoms with Crippen LogP contribution in [0.1, 0.15) is 41.5 Å². The minimum Gasteiger partial charge on any atom is -0.383 e. The lowest BCUT2D eigenvalue weighted by Crippen LogP contribution is -2.19. The van der Waals surface area contributed by atoms with Crippen molar-refractivity contribution in [3.05, 3.63) is 72.8 Å². The third kappa shape index (κ3) is 7.52. The fraction of sp³-hybridized carbons (Fsp3) is 0.357. The molecule has 0 atom stereocenters. The highest BCUT2D eigenvalue weighted by Gasteiger charge is 2.12. The molecule has 0 amide bonds. The molecule has 0 fully saturated rings. The Kier molecular flexibility index (Phi) is 7.34.